The zero-order valence-electron chi connectivity index (χ0n) is 14.4. The quantitative estimate of drug-likeness (QED) is 0.738. The maximum Gasteiger partial charge on any atom is 0.273 e. The van der Waals surface area contributed by atoms with E-state index in [2.05, 4.69) is 20.5 Å². The lowest BCUT2D eigenvalue weighted by molar-refractivity contribution is 0.0697. The molecule has 2 amide bonds. The van der Waals surface area contributed by atoms with Gasteiger partial charge in [0.15, 0.2) is 12.2 Å². The molecule has 3 heterocycles. The van der Waals surface area contributed by atoms with Gasteiger partial charge in [0, 0.05) is 24.3 Å². The molecule has 0 spiro atoms. The Balaban J connectivity index is 1.51. The number of H-pyrrole nitrogens is 1. The smallest absolute Gasteiger partial charge is 0.273 e. The molecule has 0 radical (unpaired) electrons. The minimum absolute atomic E-state index is 0.0742. The summed E-state index contributed by atoms with van der Waals surface area (Å²) >= 11 is 0. The molecular formula is C19H17N5O3. The summed E-state index contributed by atoms with van der Waals surface area (Å²) in [5, 5.41) is 9.57. The maximum atomic E-state index is 13.0. The Bertz CT molecular complexity index is 993. The average Bonchev–Trinajstić information content (AvgIpc) is 3.14. The molecule has 8 heteroatoms. The molecule has 2 aliphatic rings. The molecule has 136 valence electrons. The number of carbonyl (C=O) groups is 2. The van der Waals surface area contributed by atoms with Gasteiger partial charge < -0.3 is 14.6 Å². The highest BCUT2D eigenvalue weighted by Crippen LogP contribution is 2.39. The molecule has 8 nitrogen and oxygen atoms in total. The molecule has 1 saturated carbocycles. The summed E-state index contributed by atoms with van der Waals surface area (Å²) in [6.07, 6.45) is 6.58. The van der Waals surface area contributed by atoms with Gasteiger partial charge in [-0.05, 0) is 42.2 Å². The fraction of sp³-hybridized carbons (Fsp3) is 0.263. The van der Waals surface area contributed by atoms with Crippen LogP contribution < -0.4 is 5.32 Å². The normalized spacial score (nSPS) is 18.4. The molecule has 1 aliphatic heterocycles. The first-order valence-corrected chi connectivity index (χ1v) is 8.83. The lowest BCUT2D eigenvalue weighted by atomic mass is 10.0. The molecule has 1 aromatic carbocycles. The third kappa shape index (κ3) is 2.79. The standard InChI is InChI=1S/C19H17N5O3/c25-18(22-13-2-3-13)11-1-4-14-12(7-11)9-24(17(14)16-8-20-10-27-16)19(26)15-5-6-21-23-15/h1,4-8,10,13,17H,2-3,9H2,(H,21,23)(H,22,25). The second-order valence-corrected chi connectivity index (χ2v) is 6.87. The van der Waals surface area contributed by atoms with Crippen molar-refractivity contribution in [2.75, 3.05) is 0 Å². The number of hydrogen-bond acceptors (Lipinski definition) is 5. The Hall–Kier alpha value is -3.42. The molecular weight excluding hydrogens is 346 g/mol. The Labute approximate surface area is 154 Å². The van der Waals surface area contributed by atoms with Gasteiger partial charge in [-0.25, -0.2) is 4.98 Å². The van der Waals surface area contributed by atoms with Crippen molar-refractivity contribution in [3.63, 3.8) is 0 Å². The Morgan fingerprint density at radius 2 is 2.15 bits per heavy atom. The molecule has 1 unspecified atom stereocenters. The van der Waals surface area contributed by atoms with Gasteiger partial charge in [-0.1, -0.05) is 6.07 Å². The zero-order valence-corrected chi connectivity index (χ0v) is 14.4. The Morgan fingerprint density at radius 1 is 1.26 bits per heavy atom. The third-order valence-corrected chi connectivity index (χ3v) is 4.98. The lowest BCUT2D eigenvalue weighted by Crippen LogP contribution is -2.30. The van der Waals surface area contributed by atoms with Gasteiger partial charge >= 0.3 is 0 Å². The van der Waals surface area contributed by atoms with E-state index in [-0.39, 0.29) is 17.9 Å². The van der Waals surface area contributed by atoms with Crippen LogP contribution in [0.4, 0.5) is 0 Å². The second kappa shape index (κ2) is 6.08. The molecule has 3 aromatic rings. The Morgan fingerprint density at radius 3 is 2.85 bits per heavy atom. The average molecular weight is 363 g/mol. The number of fused-ring (bicyclic) bond motifs is 1. The monoisotopic (exact) mass is 363 g/mol. The molecule has 2 aromatic heterocycles. The predicted molar refractivity (Wildman–Crippen MR) is 93.7 cm³/mol. The van der Waals surface area contributed by atoms with Crippen LogP contribution in [0.3, 0.4) is 0 Å². The fourth-order valence-electron chi connectivity index (χ4n) is 3.48. The van der Waals surface area contributed by atoms with Crippen LogP contribution >= 0.6 is 0 Å². The summed E-state index contributed by atoms with van der Waals surface area (Å²) < 4.78 is 5.50. The van der Waals surface area contributed by atoms with Crippen molar-refractivity contribution in [3.05, 3.63) is 71.2 Å². The molecule has 0 bridgehead atoms. The molecule has 1 fully saturated rings. The first-order valence-electron chi connectivity index (χ1n) is 8.83. The molecule has 2 N–H and O–H groups in total. The van der Waals surface area contributed by atoms with Crippen LogP contribution in [0.1, 0.15) is 56.6 Å². The van der Waals surface area contributed by atoms with E-state index in [1.807, 2.05) is 12.1 Å². The molecule has 0 saturated heterocycles. The van der Waals surface area contributed by atoms with Crippen molar-refractivity contribution in [2.24, 2.45) is 0 Å². The van der Waals surface area contributed by atoms with Gasteiger partial charge in [0.25, 0.3) is 11.8 Å². The van der Waals surface area contributed by atoms with Crippen molar-refractivity contribution in [2.45, 2.75) is 31.5 Å². The second-order valence-electron chi connectivity index (χ2n) is 6.87. The summed E-state index contributed by atoms with van der Waals surface area (Å²) in [4.78, 5) is 31.0. The first-order chi connectivity index (χ1) is 13.2. The van der Waals surface area contributed by atoms with E-state index in [9.17, 15) is 9.59 Å². The molecule has 1 atom stereocenters. The van der Waals surface area contributed by atoms with E-state index in [1.54, 1.807) is 29.4 Å². The largest absolute Gasteiger partial charge is 0.446 e. The molecule has 5 rings (SSSR count). The van der Waals surface area contributed by atoms with Crippen molar-refractivity contribution in [3.8, 4) is 0 Å². The van der Waals surface area contributed by atoms with E-state index in [0.717, 1.165) is 24.0 Å². The number of rotatable bonds is 4. The first kappa shape index (κ1) is 15.8. The van der Waals surface area contributed by atoms with Crippen LogP contribution in [-0.4, -0.2) is 37.9 Å². The highest BCUT2D eigenvalue weighted by molar-refractivity contribution is 5.96. The van der Waals surface area contributed by atoms with Crippen LogP contribution in [0.25, 0.3) is 0 Å². The van der Waals surface area contributed by atoms with Crippen molar-refractivity contribution < 1.29 is 14.0 Å². The number of oxazole rings is 1. The lowest BCUT2D eigenvalue weighted by Gasteiger charge is -2.22. The van der Waals surface area contributed by atoms with E-state index in [4.69, 9.17) is 4.42 Å². The van der Waals surface area contributed by atoms with Crippen molar-refractivity contribution in [1.82, 2.24) is 25.4 Å². The highest BCUT2D eigenvalue weighted by Gasteiger charge is 2.38. The SMILES string of the molecule is O=C(NC1CC1)c1ccc2c(c1)CN(C(=O)c1ccn[nH]1)C2c1cnco1. The van der Waals surface area contributed by atoms with Crippen LogP contribution in [-0.2, 0) is 6.54 Å². The summed E-state index contributed by atoms with van der Waals surface area (Å²) in [5.74, 6) is 0.320. The van der Waals surface area contributed by atoms with E-state index < -0.39 is 0 Å². The fourth-order valence-corrected chi connectivity index (χ4v) is 3.48. The number of aromatic nitrogens is 3. The summed E-state index contributed by atoms with van der Waals surface area (Å²) in [6, 6.07) is 7.09. The number of amides is 2. The Kier molecular flexibility index (Phi) is 3.56. The summed E-state index contributed by atoms with van der Waals surface area (Å²) in [7, 11) is 0. The van der Waals surface area contributed by atoms with Gasteiger partial charge in [0.1, 0.15) is 11.7 Å². The van der Waals surface area contributed by atoms with Crippen LogP contribution in [0.2, 0.25) is 0 Å². The molecule has 1 aliphatic carbocycles. The van der Waals surface area contributed by atoms with E-state index in [1.165, 1.54) is 6.39 Å². The van der Waals surface area contributed by atoms with Crippen LogP contribution in [0.5, 0.6) is 0 Å². The number of hydrogen-bond donors (Lipinski definition) is 2. The summed E-state index contributed by atoms with van der Waals surface area (Å²) in [5.41, 5.74) is 2.86. The predicted octanol–water partition coefficient (Wildman–Crippen LogP) is 2.04. The molecule has 27 heavy (non-hydrogen) atoms. The number of carbonyl (C=O) groups excluding carboxylic acids is 2. The van der Waals surface area contributed by atoms with E-state index >= 15 is 0 Å². The van der Waals surface area contributed by atoms with Gasteiger partial charge in [-0.3, -0.25) is 14.7 Å². The third-order valence-electron chi connectivity index (χ3n) is 4.98. The van der Waals surface area contributed by atoms with Crippen LogP contribution in [0, 0.1) is 0 Å². The minimum atomic E-state index is -0.390. The van der Waals surface area contributed by atoms with Gasteiger partial charge in [-0.15, -0.1) is 0 Å². The maximum absolute atomic E-state index is 13.0. The number of nitrogens with one attached hydrogen (secondary N) is 2. The summed E-state index contributed by atoms with van der Waals surface area (Å²) in [6.45, 7) is 0.378. The topological polar surface area (TPSA) is 104 Å². The highest BCUT2D eigenvalue weighted by atomic mass is 16.3. The number of aromatic amines is 1. The van der Waals surface area contributed by atoms with Gasteiger partial charge in [0.05, 0.1) is 6.20 Å². The van der Waals surface area contributed by atoms with Crippen molar-refractivity contribution in [1.29, 1.82) is 0 Å². The minimum Gasteiger partial charge on any atom is -0.446 e. The van der Waals surface area contributed by atoms with Crippen LogP contribution in [0.15, 0.2) is 47.5 Å². The number of benzene rings is 1. The number of nitrogens with zero attached hydrogens (tertiary/aromatic N) is 3. The van der Waals surface area contributed by atoms with Crippen molar-refractivity contribution >= 4 is 11.8 Å². The zero-order chi connectivity index (χ0) is 18.4. The van der Waals surface area contributed by atoms with E-state index in [0.29, 0.717) is 29.6 Å². The van der Waals surface area contributed by atoms with Gasteiger partial charge in [0.2, 0.25) is 0 Å². The van der Waals surface area contributed by atoms with Gasteiger partial charge in [-0.2, -0.15) is 5.10 Å².